The molecule has 0 spiro atoms. The maximum atomic E-state index is 12.7. The van der Waals surface area contributed by atoms with Crippen molar-refractivity contribution in [2.75, 3.05) is 5.32 Å². The number of rotatable bonds is 2. The van der Waals surface area contributed by atoms with Crippen molar-refractivity contribution in [2.24, 2.45) is 0 Å². The Kier molecular flexibility index (Phi) is 2.38. The number of nitrogens with one attached hydrogen (secondary N) is 1. The highest BCUT2D eigenvalue weighted by Crippen LogP contribution is 2.21. The van der Waals surface area contributed by atoms with Crippen molar-refractivity contribution >= 4 is 5.82 Å². The lowest BCUT2D eigenvalue weighted by Gasteiger charge is -2.11. The summed E-state index contributed by atoms with van der Waals surface area (Å²) in [6.45, 7) is 0. The Morgan fingerprint density at radius 1 is 1.31 bits per heavy atom. The molecule has 0 radical (unpaired) electrons. The minimum Gasteiger partial charge on any atom is -0.367 e. The van der Waals surface area contributed by atoms with Crippen LogP contribution in [0.4, 0.5) is 10.2 Å². The SMILES string of the molecule is Fc1cc(NC2CCCC2)ncn1. The molecule has 1 fully saturated rings. The largest absolute Gasteiger partial charge is 0.367 e. The summed E-state index contributed by atoms with van der Waals surface area (Å²) >= 11 is 0. The van der Waals surface area contributed by atoms with E-state index in [-0.39, 0.29) is 0 Å². The average molecular weight is 181 g/mol. The third-order valence-corrected chi connectivity index (χ3v) is 2.34. The number of nitrogens with zero attached hydrogens (tertiary/aromatic N) is 2. The normalized spacial score (nSPS) is 17.6. The maximum Gasteiger partial charge on any atom is 0.217 e. The Labute approximate surface area is 76.4 Å². The van der Waals surface area contributed by atoms with E-state index in [2.05, 4.69) is 15.3 Å². The molecule has 3 nitrogen and oxygen atoms in total. The summed E-state index contributed by atoms with van der Waals surface area (Å²) in [5.74, 6) is 0.120. The summed E-state index contributed by atoms with van der Waals surface area (Å²) in [5, 5.41) is 3.19. The summed E-state index contributed by atoms with van der Waals surface area (Å²) < 4.78 is 12.7. The average Bonchev–Trinajstić information content (AvgIpc) is 2.57. The van der Waals surface area contributed by atoms with Crippen LogP contribution in [0, 0.1) is 5.95 Å². The van der Waals surface area contributed by atoms with Crippen molar-refractivity contribution in [3.8, 4) is 0 Å². The first-order valence-corrected chi connectivity index (χ1v) is 4.59. The van der Waals surface area contributed by atoms with E-state index in [4.69, 9.17) is 0 Å². The molecule has 1 N–H and O–H groups in total. The monoisotopic (exact) mass is 181 g/mol. The smallest absolute Gasteiger partial charge is 0.217 e. The van der Waals surface area contributed by atoms with Crippen LogP contribution in [0.2, 0.25) is 0 Å². The quantitative estimate of drug-likeness (QED) is 0.709. The van der Waals surface area contributed by atoms with Gasteiger partial charge in [-0.1, -0.05) is 12.8 Å². The van der Waals surface area contributed by atoms with Gasteiger partial charge in [-0.15, -0.1) is 0 Å². The Morgan fingerprint density at radius 3 is 2.77 bits per heavy atom. The molecular formula is C9H12FN3. The molecule has 1 aromatic rings. The van der Waals surface area contributed by atoms with E-state index in [1.54, 1.807) is 0 Å². The lowest BCUT2D eigenvalue weighted by atomic mass is 10.2. The third-order valence-electron chi connectivity index (χ3n) is 2.34. The van der Waals surface area contributed by atoms with E-state index in [1.807, 2.05) is 0 Å². The van der Waals surface area contributed by atoms with Crippen LogP contribution in [0.15, 0.2) is 12.4 Å². The van der Waals surface area contributed by atoms with Gasteiger partial charge in [-0.3, -0.25) is 0 Å². The molecule has 0 saturated heterocycles. The summed E-state index contributed by atoms with van der Waals surface area (Å²) in [4.78, 5) is 7.34. The predicted molar refractivity (Wildman–Crippen MR) is 47.9 cm³/mol. The molecule has 0 bridgehead atoms. The van der Waals surface area contributed by atoms with Crippen LogP contribution < -0.4 is 5.32 Å². The van der Waals surface area contributed by atoms with Gasteiger partial charge in [0.2, 0.25) is 5.95 Å². The topological polar surface area (TPSA) is 37.8 Å². The molecule has 1 aromatic heterocycles. The van der Waals surface area contributed by atoms with E-state index in [0.717, 1.165) is 12.8 Å². The first kappa shape index (κ1) is 8.41. The van der Waals surface area contributed by atoms with Crippen molar-refractivity contribution in [3.63, 3.8) is 0 Å². The lowest BCUT2D eigenvalue weighted by Crippen LogP contribution is -2.15. The van der Waals surface area contributed by atoms with Crippen molar-refractivity contribution in [1.82, 2.24) is 9.97 Å². The summed E-state index contributed by atoms with van der Waals surface area (Å²) in [7, 11) is 0. The second-order valence-electron chi connectivity index (χ2n) is 3.35. The van der Waals surface area contributed by atoms with Crippen LogP contribution in [0.5, 0.6) is 0 Å². The van der Waals surface area contributed by atoms with Gasteiger partial charge in [-0.2, -0.15) is 4.39 Å². The first-order valence-electron chi connectivity index (χ1n) is 4.59. The van der Waals surface area contributed by atoms with Crippen molar-refractivity contribution in [2.45, 2.75) is 31.7 Å². The highest BCUT2D eigenvalue weighted by molar-refractivity contribution is 5.33. The molecule has 13 heavy (non-hydrogen) atoms. The zero-order valence-electron chi connectivity index (χ0n) is 7.33. The van der Waals surface area contributed by atoms with E-state index in [1.165, 1.54) is 25.2 Å². The Morgan fingerprint density at radius 2 is 2.08 bits per heavy atom. The number of halogens is 1. The van der Waals surface area contributed by atoms with Crippen LogP contribution in [0.3, 0.4) is 0 Å². The van der Waals surface area contributed by atoms with Gasteiger partial charge in [0.05, 0.1) is 0 Å². The minimum atomic E-state index is -0.476. The van der Waals surface area contributed by atoms with E-state index >= 15 is 0 Å². The van der Waals surface area contributed by atoms with Crippen molar-refractivity contribution < 1.29 is 4.39 Å². The molecule has 1 aliphatic rings. The molecular weight excluding hydrogens is 169 g/mol. The van der Waals surface area contributed by atoms with Crippen molar-refractivity contribution in [1.29, 1.82) is 0 Å². The lowest BCUT2D eigenvalue weighted by molar-refractivity contribution is 0.579. The molecule has 0 aromatic carbocycles. The highest BCUT2D eigenvalue weighted by atomic mass is 19.1. The van der Waals surface area contributed by atoms with Crippen LogP contribution in [-0.4, -0.2) is 16.0 Å². The van der Waals surface area contributed by atoms with Gasteiger partial charge in [-0.25, -0.2) is 9.97 Å². The third kappa shape index (κ3) is 2.14. The second-order valence-corrected chi connectivity index (χ2v) is 3.35. The Bertz CT molecular complexity index is 284. The summed E-state index contributed by atoms with van der Waals surface area (Å²) in [6.07, 6.45) is 6.07. The zero-order valence-corrected chi connectivity index (χ0v) is 7.33. The van der Waals surface area contributed by atoms with Crippen LogP contribution in [0.1, 0.15) is 25.7 Å². The highest BCUT2D eigenvalue weighted by Gasteiger charge is 2.14. The minimum absolute atomic E-state index is 0.467. The molecule has 1 heterocycles. The van der Waals surface area contributed by atoms with Crippen molar-refractivity contribution in [3.05, 3.63) is 18.3 Å². The van der Waals surface area contributed by atoms with Gasteiger partial charge < -0.3 is 5.32 Å². The fraction of sp³-hybridized carbons (Fsp3) is 0.556. The molecule has 4 heteroatoms. The zero-order chi connectivity index (χ0) is 9.10. The predicted octanol–water partition coefficient (Wildman–Crippen LogP) is 1.97. The van der Waals surface area contributed by atoms with Gasteiger partial charge in [0, 0.05) is 12.1 Å². The van der Waals surface area contributed by atoms with Crippen LogP contribution in [0.25, 0.3) is 0 Å². The molecule has 0 amide bonds. The first-order chi connectivity index (χ1) is 6.34. The molecule has 0 atom stereocenters. The summed E-state index contributed by atoms with van der Waals surface area (Å²) in [5.41, 5.74) is 0. The van der Waals surface area contributed by atoms with Gasteiger partial charge in [0.15, 0.2) is 0 Å². The molecule has 0 aliphatic heterocycles. The molecule has 2 rings (SSSR count). The number of aromatic nitrogens is 2. The van der Waals surface area contributed by atoms with E-state index < -0.39 is 5.95 Å². The fourth-order valence-corrected chi connectivity index (χ4v) is 1.69. The van der Waals surface area contributed by atoms with Crippen LogP contribution in [-0.2, 0) is 0 Å². The molecule has 1 aliphatic carbocycles. The fourth-order valence-electron chi connectivity index (χ4n) is 1.69. The molecule has 0 unspecified atom stereocenters. The summed E-state index contributed by atoms with van der Waals surface area (Å²) in [6, 6.07) is 1.80. The Balaban J connectivity index is 2.00. The second kappa shape index (κ2) is 3.68. The number of anilines is 1. The van der Waals surface area contributed by atoms with Gasteiger partial charge in [-0.05, 0) is 12.8 Å². The van der Waals surface area contributed by atoms with E-state index in [0.29, 0.717) is 11.9 Å². The van der Waals surface area contributed by atoms with Gasteiger partial charge >= 0.3 is 0 Å². The molecule has 1 saturated carbocycles. The van der Waals surface area contributed by atoms with Gasteiger partial charge in [0.1, 0.15) is 12.1 Å². The number of hydrogen-bond acceptors (Lipinski definition) is 3. The standard InChI is InChI=1S/C9H12FN3/c10-8-5-9(12-6-11-8)13-7-3-1-2-4-7/h5-7H,1-4H2,(H,11,12,13). The maximum absolute atomic E-state index is 12.7. The van der Waals surface area contributed by atoms with Crippen LogP contribution >= 0.6 is 0 Å². The Hall–Kier alpha value is -1.19. The van der Waals surface area contributed by atoms with Gasteiger partial charge in [0.25, 0.3) is 0 Å². The molecule has 70 valence electrons. The van der Waals surface area contributed by atoms with E-state index in [9.17, 15) is 4.39 Å². The number of hydrogen-bond donors (Lipinski definition) is 1.